The molecule has 0 bridgehead atoms. The van der Waals surface area contributed by atoms with Crippen molar-refractivity contribution in [2.75, 3.05) is 0 Å². The molecule has 3 nitrogen and oxygen atoms in total. The molecular formula is C19H42ClN3P2. The Bertz CT molecular complexity index is 433. The molecular weight excluding hydrogens is 368 g/mol. The largest absolute Gasteiger partial charge is 0.249 e. The van der Waals surface area contributed by atoms with Crippen molar-refractivity contribution in [1.29, 1.82) is 0 Å². The fourth-order valence-corrected chi connectivity index (χ4v) is 10.8. The first-order chi connectivity index (χ1) is 11.3. The van der Waals surface area contributed by atoms with Crippen LogP contribution in [0.15, 0.2) is 0 Å². The predicted molar refractivity (Wildman–Crippen MR) is 121 cm³/mol. The van der Waals surface area contributed by atoms with Gasteiger partial charge in [-0.1, -0.05) is 11.2 Å². The third-order valence-electron chi connectivity index (χ3n) is 4.07. The van der Waals surface area contributed by atoms with Crippen LogP contribution in [0.1, 0.15) is 83.1 Å². The van der Waals surface area contributed by atoms with E-state index in [1.165, 1.54) is 0 Å². The first kappa shape index (κ1) is 25.7. The normalized spacial score (nSPS) is 14.0. The van der Waals surface area contributed by atoms with Crippen LogP contribution in [0.3, 0.4) is 0 Å². The highest BCUT2D eigenvalue weighted by atomic mass is 35.7. The molecule has 0 unspecified atom stereocenters. The standard InChI is InChI=1S/C19H42ClN3P2/c1-14(2)21(15(3)4)24-13-25(20,22(16(5)6)17(7)8)23(18(9)10)19(11)12/h14-19H,1-12H3. The molecule has 150 valence electrons. The van der Waals surface area contributed by atoms with Crippen LogP contribution in [-0.4, -0.2) is 55.4 Å². The second-order valence-corrected chi connectivity index (χ2v) is 13.3. The minimum atomic E-state index is -2.21. The van der Waals surface area contributed by atoms with Crippen molar-refractivity contribution in [3.63, 3.8) is 0 Å². The van der Waals surface area contributed by atoms with Gasteiger partial charge in [0, 0.05) is 44.6 Å². The third-order valence-corrected chi connectivity index (χ3v) is 11.4. The van der Waals surface area contributed by atoms with E-state index in [0.29, 0.717) is 36.3 Å². The highest BCUT2D eigenvalue weighted by molar-refractivity contribution is 7.96. The number of halogens is 1. The van der Waals surface area contributed by atoms with E-state index in [2.05, 4.69) is 102 Å². The molecule has 0 saturated carbocycles. The summed E-state index contributed by atoms with van der Waals surface area (Å²) in [5.41, 5.74) is 0. The molecule has 0 aromatic heterocycles. The van der Waals surface area contributed by atoms with E-state index >= 15 is 0 Å². The lowest BCUT2D eigenvalue weighted by molar-refractivity contribution is 0.261. The Hall–Kier alpha value is 0.680. The van der Waals surface area contributed by atoms with Crippen LogP contribution in [0.4, 0.5) is 0 Å². The van der Waals surface area contributed by atoms with Gasteiger partial charge in [-0.3, -0.25) is 0 Å². The van der Waals surface area contributed by atoms with Crippen LogP contribution in [0.2, 0.25) is 0 Å². The highest BCUT2D eigenvalue weighted by Crippen LogP contribution is 2.62. The van der Waals surface area contributed by atoms with Crippen molar-refractivity contribution < 1.29 is 0 Å². The minimum absolute atomic E-state index is 0.375. The van der Waals surface area contributed by atoms with E-state index in [-0.39, 0.29) is 0 Å². The molecule has 0 aliphatic heterocycles. The summed E-state index contributed by atoms with van der Waals surface area (Å²) in [4.78, 5) is 0. The van der Waals surface area contributed by atoms with Crippen molar-refractivity contribution in [3.8, 4) is 0 Å². The molecule has 6 heteroatoms. The van der Waals surface area contributed by atoms with Gasteiger partial charge in [0.2, 0.25) is 0 Å². The second-order valence-electron chi connectivity index (χ2n) is 8.43. The molecule has 0 aromatic rings. The van der Waals surface area contributed by atoms with Gasteiger partial charge in [-0.15, -0.1) is 0 Å². The van der Waals surface area contributed by atoms with Gasteiger partial charge in [-0.05, 0) is 88.3 Å². The number of rotatable bonds is 9. The van der Waals surface area contributed by atoms with Gasteiger partial charge in [0.1, 0.15) is 0 Å². The highest BCUT2D eigenvalue weighted by Gasteiger charge is 2.37. The lowest BCUT2D eigenvalue weighted by Gasteiger charge is -2.47. The Morgan fingerprint density at radius 3 is 1.08 bits per heavy atom. The van der Waals surface area contributed by atoms with Crippen LogP contribution >= 0.6 is 26.1 Å². The molecule has 0 radical (unpaired) electrons. The zero-order valence-electron chi connectivity index (χ0n) is 18.6. The molecule has 0 fully saturated rings. The van der Waals surface area contributed by atoms with Crippen LogP contribution < -0.4 is 0 Å². The summed E-state index contributed by atoms with van der Waals surface area (Å²) < 4.78 is 7.41. The molecule has 0 atom stereocenters. The Morgan fingerprint density at radius 2 is 0.880 bits per heavy atom. The van der Waals surface area contributed by atoms with E-state index < -0.39 is 6.54 Å². The van der Waals surface area contributed by atoms with Gasteiger partial charge in [0.15, 0.2) is 6.54 Å². The van der Waals surface area contributed by atoms with E-state index in [1.807, 2.05) is 0 Å². The van der Waals surface area contributed by atoms with Gasteiger partial charge in [-0.25, -0.2) is 14.0 Å². The average Bonchev–Trinajstić information content (AvgIpc) is 2.34. The fraction of sp³-hybridized carbons (Fsp3) is 0.947. The summed E-state index contributed by atoms with van der Waals surface area (Å²) in [6, 6.07) is 2.44. The maximum absolute atomic E-state index is 7.52. The Morgan fingerprint density at radius 1 is 0.600 bits per heavy atom. The summed E-state index contributed by atoms with van der Waals surface area (Å²) in [5.74, 6) is 0. The van der Waals surface area contributed by atoms with Crippen LogP contribution in [0.5, 0.6) is 0 Å². The summed E-state index contributed by atoms with van der Waals surface area (Å²) in [6.07, 6.45) is 0. The number of nitrogens with zero attached hydrogens (tertiary/aromatic N) is 3. The van der Waals surface area contributed by atoms with Gasteiger partial charge >= 0.3 is 0 Å². The predicted octanol–water partition coefficient (Wildman–Crippen LogP) is 6.84. The topological polar surface area (TPSA) is 9.72 Å². The van der Waals surface area contributed by atoms with Crippen molar-refractivity contribution in [3.05, 3.63) is 0 Å². The molecule has 0 aliphatic carbocycles. The molecule has 0 heterocycles. The number of hydrogen-bond donors (Lipinski definition) is 0. The number of hydrogen-bond acceptors (Lipinski definition) is 3. The maximum atomic E-state index is 7.52. The molecule has 25 heavy (non-hydrogen) atoms. The lowest BCUT2D eigenvalue weighted by atomic mass is 10.3. The average molecular weight is 410 g/mol. The summed E-state index contributed by atoms with van der Waals surface area (Å²) in [6.45, 7) is 24.7. The zero-order chi connectivity index (χ0) is 20.1. The van der Waals surface area contributed by atoms with Crippen molar-refractivity contribution in [2.45, 2.75) is 119 Å². The quantitative estimate of drug-likeness (QED) is 0.386. The SMILES string of the molecule is CC(C)N(P=C=P(Cl)(N(C(C)C)C(C)C)N(C(C)C)C(C)C)C(C)C. The Balaban J connectivity index is 6.65. The fourth-order valence-electron chi connectivity index (χ4n) is 3.58. The second kappa shape index (κ2) is 10.9. The molecule has 0 aliphatic rings. The zero-order valence-corrected chi connectivity index (χ0v) is 21.1. The van der Waals surface area contributed by atoms with Crippen molar-refractivity contribution in [2.24, 2.45) is 0 Å². The molecule has 0 aromatic carbocycles. The minimum Gasteiger partial charge on any atom is -0.249 e. The van der Waals surface area contributed by atoms with E-state index in [9.17, 15) is 0 Å². The van der Waals surface area contributed by atoms with E-state index in [0.717, 1.165) is 8.35 Å². The first-order valence-electron chi connectivity index (χ1n) is 9.69. The van der Waals surface area contributed by atoms with Gasteiger partial charge in [0.05, 0.1) is 0 Å². The molecule has 0 saturated heterocycles. The molecule has 0 N–H and O–H groups in total. The Kier molecular flexibility index (Phi) is 11.2. The van der Waals surface area contributed by atoms with Gasteiger partial charge in [0.25, 0.3) is 0 Å². The smallest absolute Gasteiger partial charge is 0.150 e. The Labute approximate surface area is 164 Å². The monoisotopic (exact) mass is 409 g/mol. The van der Waals surface area contributed by atoms with Crippen molar-refractivity contribution >= 4 is 31.3 Å². The molecule has 0 amide bonds. The van der Waals surface area contributed by atoms with Gasteiger partial charge < -0.3 is 0 Å². The summed E-state index contributed by atoms with van der Waals surface area (Å²) in [5, 5.41) is 3.81. The molecule has 0 rings (SSSR count). The van der Waals surface area contributed by atoms with Crippen molar-refractivity contribution in [1.82, 2.24) is 14.0 Å². The lowest BCUT2D eigenvalue weighted by Crippen LogP contribution is -2.43. The van der Waals surface area contributed by atoms with Gasteiger partial charge in [-0.2, -0.15) is 0 Å². The van der Waals surface area contributed by atoms with Crippen LogP contribution in [0, 0.1) is 0 Å². The van der Waals surface area contributed by atoms with E-state index in [4.69, 9.17) is 11.2 Å². The first-order valence-corrected chi connectivity index (χ1v) is 13.1. The summed E-state index contributed by atoms with van der Waals surface area (Å²) in [7, 11) is 1.10. The van der Waals surface area contributed by atoms with Crippen LogP contribution in [0.25, 0.3) is 0 Å². The van der Waals surface area contributed by atoms with Crippen LogP contribution in [-0.2, 0) is 0 Å². The summed E-state index contributed by atoms with van der Waals surface area (Å²) >= 11 is 7.52. The third kappa shape index (κ3) is 6.97. The van der Waals surface area contributed by atoms with E-state index in [1.54, 1.807) is 0 Å². The molecule has 0 spiro atoms. The maximum Gasteiger partial charge on any atom is 0.150 e.